The molecule has 0 radical (unpaired) electrons. The molecule has 1 heterocycles. The predicted octanol–water partition coefficient (Wildman–Crippen LogP) is 3.40. The van der Waals surface area contributed by atoms with Gasteiger partial charge in [-0.15, -0.1) is 0 Å². The number of ether oxygens (including phenoxy) is 1. The number of H-pyrrole nitrogens is 1. The minimum absolute atomic E-state index is 0.299. The Balaban J connectivity index is 2.44. The molecule has 2 aromatic rings. The molecule has 0 aliphatic heterocycles. The fraction of sp³-hybridized carbons (Fsp3) is 0.214. The number of aromatic amines is 1. The second-order valence-electron chi connectivity index (χ2n) is 4.19. The first kappa shape index (κ1) is 13.5. The van der Waals surface area contributed by atoms with Gasteiger partial charge in [0.15, 0.2) is 0 Å². The van der Waals surface area contributed by atoms with E-state index in [-0.39, 0.29) is 0 Å². The van der Waals surface area contributed by atoms with Crippen molar-refractivity contribution >= 4 is 23.4 Å². The molecule has 2 rings (SSSR count). The summed E-state index contributed by atoms with van der Waals surface area (Å²) in [5, 5.41) is 0.631. The molecule has 0 amide bonds. The number of carbonyl (C=O) groups excluding carboxylic acids is 1. The van der Waals surface area contributed by atoms with Crippen LogP contribution in [0, 0.1) is 6.92 Å². The van der Waals surface area contributed by atoms with E-state index in [0.29, 0.717) is 23.0 Å². The molecule has 0 saturated heterocycles. The molecular weight excluding hydrogens is 264 g/mol. The molecule has 5 heteroatoms. The summed E-state index contributed by atoms with van der Waals surface area (Å²) in [6.07, 6.45) is 0. The van der Waals surface area contributed by atoms with Gasteiger partial charge in [0.1, 0.15) is 11.4 Å². The third kappa shape index (κ3) is 2.74. The Morgan fingerprint density at radius 2 is 2.16 bits per heavy atom. The molecule has 1 aromatic heterocycles. The number of esters is 1. The topological polar surface area (TPSA) is 68.1 Å². The molecule has 0 aliphatic carbocycles. The van der Waals surface area contributed by atoms with Crippen molar-refractivity contribution < 1.29 is 9.53 Å². The maximum absolute atomic E-state index is 11.7. The van der Waals surface area contributed by atoms with E-state index in [0.717, 1.165) is 16.8 Å². The first-order valence-electron chi connectivity index (χ1n) is 5.95. The SMILES string of the molecule is CCOC(=O)c1cc(-c2cc(Cl)ccc2C)[nH]c1N. The molecule has 0 bridgehead atoms. The maximum Gasteiger partial charge on any atom is 0.341 e. The summed E-state index contributed by atoms with van der Waals surface area (Å²) in [5.41, 5.74) is 8.86. The number of hydrogen-bond donors (Lipinski definition) is 2. The first-order chi connectivity index (χ1) is 9.02. The highest BCUT2D eigenvalue weighted by molar-refractivity contribution is 6.30. The average Bonchev–Trinajstić information content (AvgIpc) is 2.74. The number of aromatic nitrogens is 1. The molecule has 4 nitrogen and oxygen atoms in total. The van der Waals surface area contributed by atoms with Crippen molar-refractivity contribution in [3.05, 3.63) is 40.4 Å². The van der Waals surface area contributed by atoms with E-state index < -0.39 is 5.97 Å². The number of halogens is 1. The van der Waals surface area contributed by atoms with Crippen LogP contribution < -0.4 is 5.73 Å². The summed E-state index contributed by atoms with van der Waals surface area (Å²) < 4.78 is 4.95. The second-order valence-corrected chi connectivity index (χ2v) is 4.63. The van der Waals surface area contributed by atoms with Crippen LogP contribution in [-0.2, 0) is 4.74 Å². The summed E-state index contributed by atoms with van der Waals surface area (Å²) >= 11 is 5.99. The van der Waals surface area contributed by atoms with Crippen molar-refractivity contribution in [1.82, 2.24) is 4.98 Å². The summed E-state index contributed by atoms with van der Waals surface area (Å²) in [6.45, 7) is 4.03. The van der Waals surface area contributed by atoms with Gasteiger partial charge in [0.05, 0.1) is 6.61 Å². The van der Waals surface area contributed by atoms with Crippen LogP contribution in [0.2, 0.25) is 5.02 Å². The van der Waals surface area contributed by atoms with E-state index >= 15 is 0 Å². The van der Waals surface area contributed by atoms with Gasteiger partial charge in [-0.2, -0.15) is 0 Å². The standard InChI is InChI=1S/C14H15ClN2O2/c1-3-19-14(18)11-7-12(17-13(11)16)10-6-9(15)5-4-8(10)2/h4-7,17H,3,16H2,1-2H3. The molecule has 0 saturated carbocycles. The van der Waals surface area contributed by atoms with E-state index in [1.54, 1.807) is 13.0 Å². The Hall–Kier alpha value is -1.94. The number of nitrogens with one attached hydrogen (secondary N) is 1. The highest BCUT2D eigenvalue weighted by Gasteiger charge is 2.16. The molecule has 0 unspecified atom stereocenters. The van der Waals surface area contributed by atoms with Crippen molar-refractivity contribution in [2.45, 2.75) is 13.8 Å². The normalized spacial score (nSPS) is 10.5. The Bertz CT molecular complexity index is 620. The number of benzene rings is 1. The number of hydrogen-bond acceptors (Lipinski definition) is 3. The van der Waals surface area contributed by atoms with E-state index in [2.05, 4.69) is 4.98 Å². The lowest BCUT2D eigenvalue weighted by Gasteiger charge is -2.03. The van der Waals surface area contributed by atoms with E-state index in [4.69, 9.17) is 22.1 Å². The van der Waals surface area contributed by atoms with Gasteiger partial charge in [-0.3, -0.25) is 0 Å². The third-order valence-electron chi connectivity index (χ3n) is 2.83. The van der Waals surface area contributed by atoms with Crippen LogP contribution in [0.15, 0.2) is 24.3 Å². The van der Waals surface area contributed by atoms with Crippen LogP contribution in [0.1, 0.15) is 22.8 Å². The Labute approximate surface area is 116 Å². The van der Waals surface area contributed by atoms with E-state index in [1.807, 2.05) is 25.1 Å². The Morgan fingerprint density at radius 3 is 2.84 bits per heavy atom. The fourth-order valence-electron chi connectivity index (χ4n) is 1.88. The number of carbonyl (C=O) groups is 1. The molecule has 0 fully saturated rings. The molecule has 19 heavy (non-hydrogen) atoms. The summed E-state index contributed by atoms with van der Waals surface area (Å²) in [7, 11) is 0. The van der Waals surface area contributed by atoms with Crippen molar-refractivity contribution in [3.63, 3.8) is 0 Å². The molecule has 100 valence electrons. The van der Waals surface area contributed by atoms with Gasteiger partial charge >= 0.3 is 5.97 Å². The lowest BCUT2D eigenvalue weighted by atomic mass is 10.1. The van der Waals surface area contributed by atoms with Gasteiger partial charge < -0.3 is 15.5 Å². The molecule has 0 atom stereocenters. The van der Waals surface area contributed by atoms with Crippen molar-refractivity contribution in [2.75, 3.05) is 12.3 Å². The first-order valence-corrected chi connectivity index (χ1v) is 6.33. The smallest absolute Gasteiger partial charge is 0.341 e. The summed E-state index contributed by atoms with van der Waals surface area (Å²) in [4.78, 5) is 14.7. The van der Waals surface area contributed by atoms with Crippen molar-refractivity contribution in [3.8, 4) is 11.3 Å². The fourth-order valence-corrected chi connectivity index (χ4v) is 2.05. The maximum atomic E-state index is 11.7. The lowest BCUT2D eigenvalue weighted by Crippen LogP contribution is -2.05. The number of rotatable bonds is 3. The summed E-state index contributed by atoms with van der Waals surface area (Å²) in [5.74, 6) is -0.130. The Kier molecular flexibility index (Phi) is 3.81. The zero-order valence-corrected chi connectivity index (χ0v) is 11.5. The number of anilines is 1. The zero-order chi connectivity index (χ0) is 14.0. The highest BCUT2D eigenvalue weighted by Crippen LogP contribution is 2.28. The number of nitrogens with two attached hydrogens (primary N) is 1. The largest absolute Gasteiger partial charge is 0.462 e. The van der Waals surface area contributed by atoms with Crippen LogP contribution in [0.5, 0.6) is 0 Å². The second kappa shape index (κ2) is 5.36. The molecule has 1 aromatic carbocycles. The van der Waals surface area contributed by atoms with Gasteiger partial charge in [-0.1, -0.05) is 17.7 Å². The van der Waals surface area contributed by atoms with Crippen LogP contribution in [0.4, 0.5) is 5.82 Å². The van der Waals surface area contributed by atoms with Crippen molar-refractivity contribution in [2.24, 2.45) is 0 Å². The van der Waals surface area contributed by atoms with Gasteiger partial charge in [-0.25, -0.2) is 4.79 Å². The van der Waals surface area contributed by atoms with Gasteiger partial charge in [0.25, 0.3) is 0 Å². The van der Waals surface area contributed by atoms with Crippen LogP contribution in [-0.4, -0.2) is 17.6 Å². The quantitative estimate of drug-likeness (QED) is 0.846. The molecule has 0 aliphatic rings. The van der Waals surface area contributed by atoms with Gasteiger partial charge in [0, 0.05) is 16.3 Å². The van der Waals surface area contributed by atoms with Crippen LogP contribution in [0.25, 0.3) is 11.3 Å². The zero-order valence-electron chi connectivity index (χ0n) is 10.8. The average molecular weight is 279 g/mol. The molecule has 0 spiro atoms. The van der Waals surface area contributed by atoms with Gasteiger partial charge in [-0.05, 0) is 37.6 Å². The monoisotopic (exact) mass is 278 g/mol. The minimum atomic E-state index is -0.429. The van der Waals surface area contributed by atoms with Gasteiger partial charge in [0.2, 0.25) is 0 Å². The third-order valence-corrected chi connectivity index (χ3v) is 3.07. The highest BCUT2D eigenvalue weighted by atomic mass is 35.5. The molecule has 3 N–H and O–H groups in total. The predicted molar refractivity (Wildman–Crippen MR) is 76.3 cm³/mol. The van der Waals surface area contributed by atoms with E-state index in [1.165, 1.54) is 0 Å². The van der Waals surface area contributed by atoms with Crippen LogP contribution in [0.3, 0.4) is 0 Å². The number of nitrogen functional groups attached to an aromatic ring is 1. The lowest BCUT2D eigenvalue weighted by molar-refractivity contribution is 0.0528. The van der Waals surface area contributed by atoms with E-state index in [9.17, 15) is 4.79 Å². The summed E-state index contributed by atoms with van der Waals surface area (Å²) in [6, 6.07) is 7.25. The van der Waals surface area contributed by atoms with Crippen LogP contribution >= 0.6 is 11.6 Å². The Morgan fingerprint density at radius 1 is 1.42 bits per heavy atom. The molecular formula is C14H15ClN2O2. The minimum Gasteiger partial charge on any atom is -0.462 e. The number of aryl methyl sites for hydroxylation is 1. The van der Waals surface area contributed by atoms with Crippen molar-refractivity contribution in [1.29, 1.82) is 0 Å².